The van der Waals surface area contributed by atoms with Gasteiger partial charge >= 0.3 is 0 Å². The second kappa shape index (κ2) is 5.85. The van der Waals surface area contributed by atoms with Crippen LogP contribution in [0.5, 0.6) is 0 Å². The van der Waals surface area contributed by atoms with Crippen molar-refractivity contribution >= 4 is 5.91 Å². The largest absolute Gasteiger partial charge is 0.355 e. The highest BCUT2D eigenvalue weighted by molar-refractivity contribution is 5.82. The molecule has 1 rings (SSSR count). The average molecular weight is 233 g/mol. The van der Waals surface area contributed by atoms with Crippen LogP contribution in [0.4, 0.5) is 0 Å². The number of amides is 1. The van der Waals surface area contributed by atoms with Gasteiger partial charge in [-0.3, -0.25) is 4.79 Å². The van der Waals surface area contributed by atoms with Gasteiger partial charge in [-0.1, -0.05) is 58.0 Å². The van der Waals surface area contributed by atoms with Crippen molar-refractivity contribution < 1.29 is 4.79 Å². The molecule has 0 spiro atoms. The molecule has 94 valence electrons. The summed E-state index contributed by atoms with van der Waals surface area (Å²) in [6, 6.07) is 10.2. The molecule has 0 saturated carbocycles. The summed E-state index contributed by atoms with van der Waals surface area (Å²) in [5.74, 6) is 0.626. The van der Waals surface area contributed by atoms with E-state index in [1.54, 1.807) is 0 Å². The molecule has 0 aromatic heterocycles. The van der Waals surface area contributed by atoms with Crippen molar-refractivity contribution in [3.63, 3.8) is 0 Å². The van der Waals surface area contributed by atoms with Crippen LogP contribution in [0.15, 0.2) is 30.3 Å². The first-order valence-electron chi connectivity index (χ1n) is 6.24. The van der Waals surface area contributed by atoms with Gasteiger partial charge in [-0.25, -0.2) is 0 Å². The Bertz CT molecular complexity index is 354. The summed E-state index contributed by atoms with van der Waals surface area (Å²) in [7, 11) is 0. The molecule has 2 heteroatoms. The molecule has 1 amide bonds. The van der Waals surface area contributed by atoms with Crippen molar-refractivity contribution in [2.45, 2.75) is 34.1 Å². The first kappa shape index (κ1) is 13.8. The monoisotopic (exact) mass is 233 g/mol. The fourth-order valence-corrected chi connectivity index (χ4v) is 1.72. The standard InChI is InChI=1S/C15H23NO/c1-12(2)11-16-14(17)15(3,4)10-13-8-6-5-7-9-13/h5-9,12H,10-11H2,1-4H3,(H,16,17). The van der Waals surface area contributed by atoms with Gasteiger partial charge in [0, 0.05) is 12.0 Å². The number of benzene rings is 1. The Morgan fingerprint density at radius 3 is 2.35 bits per heavy atom. The summed E-state index contributed by atoms with van der Waals surface area (Å²) in [5.41, 5.74) is 0.855. The molecule has 0 radical (unpaired) electrons. The maximum absolute atomic E-state index is 12.1. The molecule has 0 saturated heterocycles. The van der Waals surface area contributed by atoms with E-state index < -0.39 is 0 Å². The lowest BCUT2D eigenvalue weighted by Gasteiger charge is -2.24. The number of carbonyl (C=O) groups excluding carboxylic acids is 1. The summed E-state index contributed by atoms with van der Waals surface area (Å²) in [4.78, 5) is 12.1. The van der Waals surface area contributed by atoms with Crippen LogP contribution in [0.2, 0.25) is 0 Å². The van der Waals surface area contributed by atoms with E-state index in [1.165, 1.54) is 5.56 Å². The molecule has 0 aliphatic heterocycles. The van der Waals surface area contributed by atoms with Gasteiger partial charge in [-0.15, -0.1) is 0 Å². The molecule has 0 unspecified atom stereocenters. The fourth-order valence-electron chi connectivity index (χ4n) is 1.72. The van der Waals surface area contributed by atoms with E-state index >= 15 is 0 Å². The topological polar surface area (TPSA) is 29.1 Å². The summed E-state index contributed by atoms with van der Waals surface area (Å²) < 4.78 is 0. The molecule has 1 N–H and O–H groups in total. The number of hydrogen-bond acceptors (Lipinski definition) is 1. The van der Waals surface area contributed by atoms with Crippen LogP contribution in [-0.4, -0.2) is 12.5 Å². The Balaban J connectivity index is 2.58. The number of hydrogen-bond donors (Lipinski definition) is 1. The first-order chi connectivity index (χ1) is 7.92. The molecule has 1 aromatic rings. The van der Waals surface area contributed by atoms with Crippen molar-refractivity contribution in [3.8, 4) is 0 Å². The highest BCUT2D eigenvalue weighted by Crippen LogP contribution is 2.21. The summed E-state index contributed by atoms with van der Waals surface area (Å²) in [5, 5.41) is 3.00. The van der Waals surface area contributed by atoms with Crippen LogP contribution < -0.4 is 5.32 Å². The molecular weight excluding hydrogens is 210 g/mol. The predicted octanol–water partition coefficient (Wildman–Crippen LogP) is 3.03. The molecule has 0 heterocycles. The normalized spacial score (nSPS) is 11.6. The van der Waals surface area contributed by atoms with E-state index in [0.29, 0.717) is 5.92 Å². The Hall–Kier alpha value is -1.31. The third kappa shape index (κ3) is 4.59. The maximum atomic E-state index is 12.1. The summed E-state index contributed by atoms with van der Waals surface area (Å²) in [6.07, 6.45) is 0.776. The number of carbonyl (C=O) groups is 1. The summed E-state index contributed by atoms with van der Waals surface area (Å²) >= 11 is 0. The lowest BCUT2D eigenvalue weighted by atomic mass is 9.84. The van der Waals surface area contributed by atoms with Crippen molar-refractivity contribution in [2.75, 3.05) is 6.54 Å². The first-order valence-corrected chi connectivity index (χ1v) is 6.24. The zero-order valence-electron chi connectivity index (χ0n) is 11.3. The SMILES string of the molecule is CC(C)CNC(=O)C(C)(C)Cc1ccccc1. The van der Waals surface area contributed by atoms with E-state index in [4.69, 9.17) is 0 Å². The van der Waals surface area contributed by atoms with Crippen LogP contribution in [0, 0.1) is 11.3 Å². The molecule has 17 heavy (non-hydrogen) atoms. The van der Waals surface area contributed by atoms with Gasteiger partial charge in [-0.2, -0.15) is 0 Å². The Labute approximate surface area is 104 Å². The van der Waals surface area contributed by atoms with Crippen LogP contribution >= 0.6 is 0 Å². The molecule has 0 atom stereocenters. The van der Waals surface area contributed by atoms with Gasteiger partial charge in [-0.05, 0) is 17.9 Å². The Kier molecular flexibility index (Phi) is 4.73. The highest BCUT2D eigenvalue weighted by atomic mass is 16.2. The lowest BCUT2D eigenvalue weighted by Crippen LogP contribution is -2.39. The smallest absolute Gasteiger partial charge is 0.226 e. The van der Waals surface area contributed by atoms with Crippen LogP contribution in [-0.2, 0) is 11.2 Å². The van der Waals surface area contributed by atoms with Gasteiger partial charge in [0.05, 0.1) is 0 Å². The fraction of sp³-hybridized carbons (Fsp3) is 0.533. The Morgan fingerprint density at radius 1 is 1.24 bits per heavy atom. The molecule has 0 aliphatic carbocycles. The number of rotatable bonds is 5. The quantitative estimate of drug-likeness (QED) is 0.832. The third-order valence-corrected chi connectivity index (χ3v) is 2.77. The lowest BCUT2D eigenvalue weighted by molar-refractivity contribution is -0.129. The van der Waals surface area contributed by atoms with Crippen molar-refractivity contribution in [2.24, 2.45) is 11.3 Å². The molecule has 0 bridgehead atoms. The van der Waals surface area contributed by atoms with Gasteiger partial charge in [0.15, 0.2) is 0 Å². The van der Waals surface area contributed by atoms with Gasteiger partial charge < -0.3 is 5.32 Å². The van der Waals surface area contributed by atoms with E-state index in [1.807, 2.05) is 32.0 Å². The zero-order valence-corrected chi connectivity index (χ0v) is 11.3. The van der Waals surface area contributed by atoms with E-state index in [0.717, 1.165) is 13.0 Å². The van der Waals surface area contributed by atoms with E-state index in [2.05, 4.69) is 31.3 Å². The maximum Gasteiger partial charge on any atom is 0.226 e. The average Bonchev–Trinajstić information content (AvgIpc) is 2.26. The minimum Gasteiger partial charge on any atom is -0.355 e. The second-order valence-corrected chi connectivity index (χ2v) is 5.65. The zero-order chi connectivity index (χ0) is 12.9. The number of nitrogens with one attached hydrogen (secondary N) is 1. The molecule has 1 aromatic carbocycles. The van der Waals surface area contributed by atoms with Crippen molar-refractivity contribution in [3.05, 3.63) is 35.9 Å². The Morgan fingerprint density at radius 2 is 1.82 bits per heavy atom. The minimum absolute atomic E-state index is 0.134. The van der Waals surface area contributed by atoms with Gasteiger partial charge in [0.2, 0.25) is 5.91 Å². The van der Waals surface area contributed by atoms with E-state index in [-0.39, 0.29) is 11.3 Å². The van der Waals surface area contributed by atoms with Crippen LogP contribution in [0.1, 0.15) is 33.3 Å². The van der Waals surface area contributed by atoms with Gasteiger partial charge in [0.1, 0.15) is 0 Å². The third-order valence-electron chi connectivity index (χ3n) is 2.77. The second-order valence-electron chi connectivity index (χ2n) is 5.65. The molecule has 2 nitrogen and oxygen atoms in total. The van der Waals surface area contributed by atoms with Gasteiger partial charge in [0.25, 0.3) is 0 Å². The van der Waals surface area contributed by atoms with Crippen molar-refractivity contribution in [1.29, 1.82) is 0 Å². The highest BCUT2D eigenvalue weighted by Gasteiger charge is 2.27. The predicted molar refractivity (Wildman–Crippen MR) is 71.8 cm³/mol. The van der Waals surface area contributed by atoms with E-state index in [9.17, 15) is 4.79 Å². The van der Waals surface area contributed by atoms with Crippen LogP contribution in [0.3, 0.4) is 0 Å². The molecular formula is C15H23NO. The summed E-state index contributed by atoms with van der Waals surface area (Å²) in [6.45, 7) is 8.94. The minimum atomic E-state index is -0.351. The van der Waals surface area contributed by atoms with Crippen molar-refractivity contribution in [1.82, 2.24) is 5.32 Å². The molecule has 0 fully saturated rings. The van der Waals surface area contributed by atoms with Crippen LogP contribution in [0.25, 0.3) is 0 Å². The molecule has 0 aliphatic rings.